The fraction of sp³-hybridized carbons (Fsp3) is 0.333. The van der Waals surface area contributed by atoms with Crippen molar-refractivity contribution < 1.29 is 14.3 Å². The van der Waals surface area contributed by atoms with E-state index in [1.165, 1.54) is 11.8 Å². The number of aromatic nitrogens is 4. The number of amides is 2. The van der Waals surface area contributed by atoms with Gasteiger partial charge in [0.2, 0.25) is 0 Å². The molecule has 0 atom stereocenters. The first kappa shape index (κ1) is 20.5. The minimum atomic E-state index is -0.394. The first-order chi connectivity index (χ1) is 15.1. The largest absolute Gasteiger partial charge is 0.493 e. The van der Waals surface area contributed by atoms with Gasteiger partial charge in [-0.2, -0.15) is 0 Å². The van der Waals surface area contributed by atoms with Crippen LogP contribution in [0, 0.1) is 0 Å². The number of methoxy groups -OCH3 is 2. The van der Waals surface area contributed by atoms with Crippen LogP contribution in [0.15, 0.2) is 47.5 Å². The number of nitrogens with zero attached hydrogens (tertiary/aromatic N) is 4. The number of hydrogen-bond donors (Lipinski definition) is 2. The summed E-state index contributed by atoms with van der Waals surface area (Å²) in [6, 6.07) is 8.57. The molecule has 2 heterocycles. The van der Waals surface area contributed by atoms with Crippen molar-refractivity contribution in [3.63, 3.8) is 0 Å². The number of urea groups is 1. The molecule has 0 bridgehead atoms. The molecule has 4 rings (SSSR count). The van der Waals surface area contributed by atoms with Crippen LogP contribution in [0.25, 0.3) is 11.4 Å². The Labute approximate surface area is 178 Å². The van der Waals surface area contributed by atoms with Crippen molar-refractivity contribution >= 4 is 11.7 Å². The Morgan fingerprint density at radius 1 is 1.19 bits per heavy atom. The molecule has 0 spiro atoms. The second-order valence-corrected chi connectivity index (χ2v) is 7.12. The van der Waals surface area contributed by atoms with E-state index in [4.69, 9.17) is 9.47 Å². The van der Waals surface area contributed by atoms with Crippen LogP contribution in [0.5, 0.6) is 11.5 Å². The average Bonchev–Trinajstić information content (AvgIpc) is 3.58. The van der Waals surface area contributed by atoms with Gasteiger partial charge in [0.15, 0.2) is 17.3 Å². The molecule has 1 aliphatic rings. The molecule has 10 heteroatoms. The van der Waals surface area contributed by atoms with E-state index in [9.17, 15) is 9.59 Å². The number of rotatable bonds is 8. The summed E-state index contributed by atoms with van der Waals surface area (Å²) in [5.41, 5.74) is 1.18. The van der Waals surface area contributed by atoms with E-state index < -0.39 is 6.03 Å². The van der Waals surface area contributed by atoms with Crippen LogP contribution in [-0.2, 0) is 6.54 Å². The van der Waals surface area contributed by atoms with Crippen LogP contribution < -0.4 is 25.8 Å². The lowest BCUT2D eigenvalue weighted by Gasteiger charge is -2.11. The van der Waals surface area contributed by atoms with Crippen molar-refractivity contribution in [3.05, 3.63) is 53.2 Å². The summed E-state index contributed by atoms with van der Waals surface area (Å²) in [5, 5.41) is 9.96. The first-order valence-corrected chi connectivity index (χ1v) is 9.97. The van der Waals surface area contributed by atoms with Crippen molar-refractivity contribution in [3.8, 4) is 22.9 Å². The third-order valence-corrected chi connectivity index (χ3v) is 4.95. The van der Waals surface area contributed by atoms with Gasteiger partial charge < -0.3 is 20.1 Å². The lowest BCUT2D eigenvalue weighted by atomic mass is 10.3. The van der Waals surface area contributed by atoms with Crippen molar-refractivity contribution in [1.82, 2.24) is 24.6 Å². The summed E-state index contributed by atoms with van der Waals surface area (Å²) in [6.07, 6.45) is 5.30. The summed E-state index contributed by atoms with van der Waals surface area (Å²) in [5.74, 6) is 1.69. The van der Waals surface area contributed by atoms with E-state index in [0.29, 0.717) is 23.0 Å². The second-order valence-electron chi connectivity index (χ2n) is 7.12. The standard InChI is InChI=1S/C21H24N6O4/c1-30-17-8-5-15(12-18(17)31-2)24-20(28)23-10-11-26-21(29)27(16-6-7-16)19(25-26)14-4-3-9-22-13-14/h3-5,8-9,12-13,16H,6-7,10-11H2,1-2H3,(H2,23,24,28). The lowest BCUT2D eigenvalue weighted by Crippen LogP contribution is -2.34. The zero-order chi connectivity index (χ0) is 21.8. The Balaban J connectivity index is 1.40. The summed E-state index contributed by atoms with van der Waals surface area (Å²) >= 11 is 0. The maximum Gasteiger partial charge on any atom is 0.346 e. The van der Waals surface area contributed by atoms with E-state index in [0.717, 1.165) is 18.4 Å². The fourth-order valence-corrected chi connectivity index (χ4v) is 3.28. The highest BCUT2D eigenvalue weighted by Crippen LogP contribution is 2.36. The van der Waals surface area contributed by atoms with E-state index in [1.54, 1.807) is 42.3 Å². The van der Waals surface area contributed by atoms with Crippen molar-refractivity contribution in [1.29, 1.82) is 0 Å². The summed E-state index contributed by atoms with van der Waals surface area (Å²) < 4.78 is 13.5. The minimum Gasteiger partial charge on any atom is -0.493 e. The van der Waals surface area contributed by atoms with Gasteiger partial charge in [-0.05, 0) is 37.1 Å². The molecule has 10 nitrogen and oxygen atoms in total. The molecular formula is C21H24N6O4. The molecule has 2 amide bonds. The van der Waals surface area contributed by atoms with E-state index >= 15 is 0 Å². The molecule has 2 N–H and O–H groups in total. The quantitative estimate of drug-likeness (QED) is 0.574. The molecule has 2 aromatic heterocycles. The summed E-state index contributed by atoms with van der Waals surface area (Å²) in [4.78, 5) is 29.2. The van der Waals surface area contributed by atoms with Crippen LogP contribution in [0.3, 0.4) is 0 Å². The van der Waals surface area contributed by atoms with E-state index in [2.05, 4.69) is 20.7 Å². The van der Waals surface area contributed by atoms with Gasteiger partial charge in [-0.25, -0.2) is 14.3 Å². The van der Waals surface area contributed by atoms with Crippen LogP contribution in [-0.4, -0.2) is 46.1 Å². The Morgan fingerprint density at radius 3 is 2.68 bits per heavy atom. The number of nitrogens with one attached hydrogen (secondary N) is 2. The molecular weight excluding hydrogens is 400 g/mol. The number of benzene rings is 1. The van der Waals surface area contributed by atoms with Crippen LogP contribution in [0.2, 0.25) is 0 Å². The summed E-state index contributed by atoms with van der Waals surface area (Å²) in [6.45, 7) is 0.498. The van der Waals surface area contributed by atoms with Crippen molar-refractivity contribution in [2.75, 3.05) is 26.1 Å². The lowest BCUT2D eigenvalue weighted by molar-refractivity contribution is 0.251. The normalized spacial score (nSPS) is 13.0. The highest BCUT2D eigenvalue weighted by atomic mass is 16.5. The molecule has 0 saturated heterocycles. The van der Waals surface area contributed by atoms with Gasteiger partial charge >= 0.3 is 11.7 Å². The van der Waals surface area contributed by atoms with Gasteiger partial charge in [0, 0.05) is 42.3 Å². The topological polar surface area (TPSA) is 112 Å². The number of carbonyl (C=O) groups is 1. The fourth-order valence-electron chi connectivity index (χ4n) is 3.28. The molecule has 3 aromatic rings. The molecule has 1 saturated carbocycles. The monoisotopic (exact) mass is 424 g/mol. The highest BCUT2D eigenvalue weighted by Gasteiger charge is 2.30. The number of ether oxygens (including phenoxy) is 2. The van der Waals surface area contributed by atoms with Gasteiger partial charge in [-0.15, -0.1) is 5.10 Å². The molecule has 1 aromatic carbocycles. The number of pyridine rings is 1. The third-order valence-electron chi connectivity index (χ3n) is 4.95. The second kappa shape index (κ2) is 8.90. The van der Waals surface area contributed by atoms with Gasteiger partial charge in [-0.3, -0.25) is 9.55 Å². The maximum atomic E-state index is 12.8. The average molecular weight is 424 g/mol. The molecule has 0 unspecified atom stereocenters. The minimum absolute atomic E-state index is 0.177. The Hall–Kier alpha value is -3.82. The van der Waals surface area contributed by atoms with Gasteiger partial charge in [0.05, 0.1) is 20.8 Å². The Morgan fingerprint density at radius 2 is 2.00 bits per heavy atom. The SMILES string of the molecule is COc1ccc(NC(=O)NCCn2nc(-c3cccnc3)n(C3CC3)c2=O)cc1OC. The van der Waals surface area contributed by atoms with E-state index in [-0.39, 0.29) is 24.8 Å². The zero-order valence-electron chi connectivity index (χ0n) is 17.4. The number of anilines is 1. The third kappa shape index (κ3) is 4.52. The molecule has 31 heavy (non-hydrogen) atoms. The number of carbonyl (C=O) groups excluding carboxylic acids is 1. The first-order valence-electron chi connectivity index (χ1n) is 9.97. The van der Waals surface area contributed by atoms with Crippen LogP contribution >= 0.6 is 0 Å². The van der Waals surface area contributed by atoms with Gasteiger partial charge in [0.1, 0.15) is 0 Å². The van der Waals surface area contributed by atoms with E-state index in [1.807, 2.05) is 12.1 Å². The highest BCUT2D eigenvalue weighted by molar-refractivity contribution is 5.89. The Kier molecular flexibility index (Phi) is 5.87. The molecule has 0 aliphatic heterocycles. The predicted molar refractivity (Wildman–Crippen MR) is 115 cm³/mol. The Bertz CT molecular complexity index is 1120. The van der Waals surface area contributed by atoms with Crippen molar-refractivity contribution in [2.24, 2.45) is 0 Å². The maximum absolute atomic E-state index is 12.8. The number of hydrogen-bond acceptors (Lipinski definition) is 6. The zero-order valence-corrected chi connectivity index (χ0v) is 17.4. The molecule has 1 aliphatic carbocycles. The van der Waals surface area contributed by atoms with Crippen LogP contribution in [0.4, 0.5) is 10.5 Å². The molecule has 0 radical (unpaired) electrons. The molecule has 1 fully saturated rings. The predicted octanol–water partition coefficient (Wildman–Crippen LogP) is 2.28. The van der Waals surface area contributed by atoms with Gasteiger partial charge in [0.25, 0.3) is 0 Å². The smallest absolute Gasteiger partial charge is 0.346 e. The van der Waals surface area contributed by atoms with Crippen molar-refractivity contribution in [2.45, 2.75) is 25.4 Å². The van der Waals surface area contributed by atoms with Gasteiger partial charge in [-0.1, -0.05) is 0 Å². The summed E-state index contributed by atoms with van der Waals surface area (Å²) in [7, 11) is 3.07. The molecule has 162 valence electrons. The van der Waals surface area contributed by atoms with Crippen LogP contribution in [0.1, 0.15) is 18.9 Å².